The predicted octanol–water partition coefficient (Wildman–Crippen LogP) is -0.198. The van der Waals surface area contributed by atoms with Gasteiger partial charge in [-0.2, -0.15) is 4.31 Å². The van der Waals surface area contributed by atoms with Gasteiger partial charge in [-0.25, -0.2) is 8.42 Å². The largest absolute Gasteiger partial charge is 0.548 e. The first kappa shape index (κ1) is 20.1. The van der Waals surface area contributed by atoms with Crippen LogP contribution in [-0.2, 0) is 19.6 Å². The number of ether oxygens (including phenoxy) is 1. The number of carboxylic acids is 1. The summed E-state index contributed by atoms with van der Waals surface area (Å²) in [5.41, 5.74) is -0.606. The summed E-state index contributed by atoms with van der Waals surface area (Å²) in [5, 5.41) is 25.1. The minimum atomic E-state index is -3.90. The fraction of sp³-hybridized carbons (Fsp3) is 0.533. The fourth-order valence-electron chi connectivity index (χ4n) is 2.55. The highest BCUT2D eigenvalue weighted by Gasteiger charge is 2.29. The van der Waals surface area contributed by atoms with E-state index in [1.54, 1.807) is 13.8 Å². The van der Waals surface area contributed by atoms with Crippen LogP contribution in [0.25, 0.3) is 0 Å². The number of nitro groups is 1. The summed E-state index contributed by atoms with van der Waals surface area (Å²) in [6.07, 6.45) is 0. The number of aliphatic carboxylic acids is 1. The van der Waals surface area contributed by atoms with E-state index in [-0.39, 0.29) is 36.9 Å². The van der Waals surface area contributed by atoms with Crippen molar-refractivity contribution in [3.8, 4) is 0 Å². The summed E-state index contributed by atoms with van der Waals surface area (Å²) < 4.78 is 31.6. The van der Waals surface area contributed by atoms with Crippen molar-refractivity contribution in [2.75, 3.05) is 31.6 Å². The van der Waals surface area contributed by atoms with E-state index < -0.39 is 38.6 Å². The molecule has 0 amide bonds. The number of rotatable bonds is 7. The standard InChI is InChI=1S/C15H21N3O7S/c1-10(2)14(15(19)20)16-12-4-3-11(9-13(12)18(21)22)26(23,24)17-5-7-25-8-6-17/h3-4,9-10,14,16H,5-8H2,1-2H3,(H,19,20)/p-1/t14-/m0/s1. The van der Waals surface area contributed by atoms with Gasteiger partial charge in [-0.15, -0.1) is 0 Å². The van der Waals surface area contributed by atoms with Crippen LogP contribution in [0.3, 0.4) is 0 Å². The van der Waals surface area contributed by atoms with Crippen LogP contribution < -0.4 is 10.4 Å². The maximum atomic E-state index is 12.6. The van der Waals surface area contributed by atoms with Gasteiger partial charge in [-0.05, 0) is 18.1 Å². The van der Waals surface area contributed by atoms with E-state index in [1.165, 1.54) is 16.4 Å². The Morgan fingerprint density at radius 2 is 1.92 bits per heavy atom. The number of hydrogen-bond donors (Lipinski definition) is 1. The second kappa shape index (κ2) is 7.98. The fourth-order valence-corrected chi connectivity index (χ4v) is 3.97. The van der Waals surface area contributed by atoms with Crippen LogP contribution in [0.4, 0.5) is 11.4 Å². The quantitative estimate of drug-likeness (QED) is 0.501. The summed E-state index contributed by atoms with van der Waals surface area (Å²) >= 11 is 0. The first-order valence-corrected chi connectivity index (χ1v) is 9.42. The Balaban J connectivity index is 2.39. The highest BCUT2D eigenvalue weighted by atomic mass is 32.2. The second-order valence-electron chi connectivity index (χ2n) is 6.14. The van der Waals surface area contributed by atoms with Crippen molar-refractivity contribution < 1.29 is 28.0 Å². The SMILES string of the molecule is CC(C)[C@H](Nc1ccc(S(=O)(=O)N2CCOCC2)cc1[N+](=O)[O-])C(=O)[O-]. The molecule has 2 rings (SSSR count). The van der Waals surface area contributed by atoms with Gasteiger partial charge in [-0.3, -0.25) is 10.1 Å². The first-order chi connectivity index (χ1) is 12.1. The molecular weight excluding hydrogens is 366 g/mol. The normalized spacial score (nSPS) is 17.0. The van der Waals surface area contributed by atoms with E-state index in [9.17, 15) is 28.4 Å². The lowest BCUT2D eigenvalue weighted by molar-refractivity contribution is -0.384. The highest BCUT2D eigenvalue weighted by Crippen LogP contribution is 2.30. The molecule has 0 saturated carbocycles. The lowest BCUT2D eigenvalue weighted by atomic mass is 10.0. The lowest BCUT2D eigenvalue weighted by Gasteiger charge is -2.26. The maximum absolute atomic E-state index is 12.6. The van der Waals surface area contributed by atoms with E-state index >= 15 is 0 Å². The minimum Gasteiger partial charge on any atom is -0.548 e. The summed E-state index contributed by atoms with van der Waals surface area (Å²) in [7, 11) is -3.90. The van der Waals surface area contributed by atoms with Gasteiger partial charge in [0, 0.05) is 19.2 Å². The van der Waals surface area contributed by atoms with E-state index in [1.807, 2.05) is 0 Å². The average molecular weight is 386 g/mol. The van der Waals surface area contributed by atoms with Gasteiger partial charge in [-0.1, -0.05) is 13.8 Å². The van der Waals surface area contributed by atoms with Crippen molar-refractivity contribution in [1.82, 2.24) is 4.31 Å². The van der Waals surface area contributed by atoms with Gasteiger partial charge < -0.3 is 20.0 Å². The van der Waals surface area contributed by atoms with E-state index in [2.05, 4.69) is 5.32 Å². The molecule has 0 bridgehead atoms. The molecule has 1 aliphatic heterocycles. The molecule has 0 radical (unpaired) electrons. The second-order valence-corrected chi connectivity index (χ2v) is 8.08. The number of carbonyl (C=O) groups is 1. The van der Waals surface area contributed by atoms with Gasteiger partial charge in [0.25, 0.3) is 5.69 Å². The van der Waals surface area contributed by atoms with Gasteiger partial charge >= 0.3 is 0 Å². The molecular formula is C15H20N3O7S-. The zero-order valence-electron chi connectivity index (χ0n) is 14.4. The number of carboxylic acid groups (broad SMARTS) is 1. The number of nitro benzene ring substituents is 1. The highest BCUT2D eigenvalue weighted by molar-refractivity contribution is 7.89. The minimum absolute atomic E-state index is 0.0844. The Kier molecular flexibility index (Phi) is 6.16. The maximum Gasteiger partial charge on any atom is 0.293 e. The Labute approximate surface area is 151 Å². The molecule has 1 aliphatic rings. The molecule has 0 aromatic heterocycles. The number of nitrogens with one attached hydrogen (secondary N) is 1. The number of hydrogen-bond acceptors (Lipinski definition) is 8. The zero-order valence-corrected chi connectivity index (χ0v) is 15.2. The van der Waals surface area contributed by atoms with Crippen LogP contribution in [0.1, 0.15) is 13.8 Å². The van der Waals surface area contributed by atoms with E-state index in [0.29, 0.717) is 0 Å². The lowest BCUT2D eigenvalue weighted by Crippen LogP contribution is -2.44. The van der Waals surface area contributed by atoms with Crippen LogP contribution >= 0.6 is 0 Å². The third-order valence-electron chi connectivity index (χ3n) is 4.01. The molecule has 11 heteroatoms. The van der Waals surface area contributed by atoms with Crippen molar-refractivity contribution in [3.63, 3.8) is 0 Å². The summed E-state index contributed by atoms with van der Waals surface area (Å²) in [6, 6.07) is 2.19. The van der Waals surface area contributed by atoms with Crippen molar-refractivity contribution >= 4 is 27.4 Å². The number of morpholine rings is 1. The van der Waals surface area contributed by atoms with Crippen LogP contribution in [0.2, 0.25) is 0 Å². The molecule has 1 saturated heterocycles. The van der Waals surface area contributed by atoms with Gasteiger partial charge in [0.2, 0.25) is 10.0 Å². The van der Waals surface area contributed by atoms with Gasteiger partial charge in [0.05, 0.1) is 35.0 Å². The van der Waals surface area contributed by atoms with E-state index in [4.69, 9.17) is 4.74 Å². The van der Waals surface area contributed by atoms with Crippen LogP contribution in [0, 0.1) is 16.0 Å². The molecule has 1 fully saturated rings. The summed E-state index contributed by atoms with van der Waals surface area (Å²) in [5.74, 6) is -1.80. The van der Waals surface area contributed by atoms with Crippen LogP contribution in [-0.4, -0.2) is 56.0 Å². The number of carbonyl (C=O) groups excluding carboxylic acids is 1. The number of benzene rings is 1. The third kappa shape index (κ3) is 4.29. The van der Waals surface area contributed by atoms with Gasteiger partial charge in [0.15, 0.2) is 0 Å². The molecule has 0 spiro atoms. The van der Waals surface area contributed by atoms with E-state index in [0.717, 1.165) is 6.07 Å². The van der Waals surface area contributed by atoms with Crippen LogP contribution in [0.5, 0.6) is 0 Å². The molecule has 1 aromatic rings. The molecule has 26 heavy (non-hydrogen) atoms. The summed E-state index contributed by atoms with van der Waals surface area (Å²) in [6.45, 7) is 4.07. The molecule has 1 aromatic carbocycles. The Morgan fingerprint density at radius 3 is 2.42 bits per heavy atom. The molecule has 1 N–H and O–H groups in total. The molecule has 0 unspecified atom stereocenters. The van der Waals surface area contributed by atoms with Crippen molar-refractivity contribution in [1.29, 1.82) is 0 Å². The van der Waals surface area contributed by atoms with Crippen molar-refractivity contribution in [3.05, 3.63) is 28.3 Å². The number of nitrogens with zero attached hydrogens (tertiary/aromatic N) is 2. The molecule has 1 heterocycles. The smallest absolute Gasteiger partial charge is 0.293 e. The molecule has 144 valence electrons. The Morgan fingerprint density at radius 1 is 1.31 bits per heavy atom. The van der Waals surface area contributed by atoms with Crippen molar-refractivity contribution in [2.24, 2.45) is 5.92 Å². The predicted molar refractivity (Wildman–Crippen MR) is 89.9 cm³/mol. The number of anilines is 1. The molecule has 10 nitrogen and oxygen atoms in total. The summed E-state index contributed by atoms with van der Waals surface area (Å²) in [4.78, 5) is 21.6. The number of sulfonamides is 1. The average Bonchev–Trinajstić information content (AvgIpc) is 2.59. The van der Waals surface area contributed by atoms with Gasteiger partial charge in [0.1, 0.15) is 5.69 Å². The topological polar surface area (TPSA) is 142 Å². The third-order valence-corrected chi connectivity index (χ3v) is 5.90. The zero-order chi connectivity index (χ0) is 19.5. The molecule has 1 atom stereocenters. The first-order valence-electron chi connectivity index (χ1n) is 7.98. The van der Waals surface area contributed by atoms with Crippen molar-refractivity contribution in [2.45, 2.75) is 24.8 Å². The Bertz CT molecular complexity index is 788. The van der Waals surface area contributed by atoms with Crippen LogP contribution in [0.15, 0.2) is 23.1 Å². The Hall–Kier alpha value is -2.24. The molecule has 0 aliphatic carbocycles. The monoisotopic (exact) mass is 386 g/mol.